The smallest absolute Gasteiger partial charge is 0.349 e. The summed E-state index contributed by atoms with van der Waals surface area (Å²) in [7, 11) is 0. The summed E-state index contributed by atoms with van der Waals surface area (Å²) in [5, 5.41) is 21.9. The van der Waals surface area contributed by atoms with E-state index in [4.69, 9.17) is 13.9 Å². The van der Waals surface area contributed by atoms with Crippen molar-refractivity contribution in [2.75, 3.05) is 62.0 Å². The lowest BCUT2D eigenvalue weighted by molar-refractivity contribution is -0.140. The number of urea groups is 1. The number of ether oxygens (including phenoxy) is 2. The number of esters is 1. The monoisotopic (exact) mass is 775 g/mol. The van der Waals surface area contributed by atoms with Crippen LogP contribution in [0.2, 0.25) is 0 Å². The van der Waals surface area contributed by atoms with E-state index in [2.05, 4.69) is 26.2 Å². The second-order valence-electron chi connectivity index (χ2n) is 13.1. The number of benzene rings is 2. The molecule has 1 aromatic heterocycles. The van der Waals surface area contributed by atoms with Gasteiger partial charge in [-0.25, -0.2) is 14.4 Å². The summed E-state index contributed by atoms with van der Waals surface area (Å²) in [5.41, 5.74) is 2.09. The molecular formula is C40H49N5O9S. The average Bonchev–Trinajstić information content (AvgIpc) is 3.74. The predicted molar refractivity (Wildman–Crippen MR) is 213 cm³/mol. The maximum absolute atomic E-state index is 12.7. The van der Waals surface area contributed by atoms with Gasteiger partial charge in [-0.05, 0) is 74.7 Å². The van der Waals surface area contributed by atoms with Crippen LogP contribution in [0.4, 0.5) is 16.2 Å². The van der Waals surface area contributed by atoms with Gasteiger partial charge in [0.2, 0.25) is 5.91 Å². The SMILES string of the molecule is CCN(CC)c1ccc2cc(C(=O)NCCOCCOC(=O)C(/C=C/c3ccc(NC(=O)CCCC[C@@H]4SC[C@@H]5NC(=O)N[C@@H]54)cc3)=C/CO)c(=O)oc2c1. The number of fused-ring (bicyclic) bond motifs is 2. The Morgan fingerprint density at radius 1 is 1.02 bits per heavy atom. The molecule has 15 heteroatoms. The number of unbranched alkanes of at least 4 members (excludes halogenated alkanes) is 1. The van der Waals surface area contributed by atoms with Crippen LogP contribution in [-0.4, -0.2) is 98.1 Å². The number of carbonyl (C=O) groups is 4. The number of nitrogens with zero attached hydrogens (tertiary/aromatic N) is 1. The summed E-state index contributed by atoms with van der Waals surface area (Å²) in [6, 6.07) is 14.5. The van der Waals surface area contributed by atoms with Crippen molar-refractivity contribution in [2.45, 2.75) is 56.9 Å². The lowest BCUT2D eigenvalue weighted by Crippen LogP contribution is -2.36. The van der Waals surface area contributed by atoms with E-state index >= 15 is 0 Å². The number of hydrogen-bond donors (Lipinski definition) is 5. The van der Waals surface area contributed by atoms with Gasteiger partial charge >= 0.3 is 17.6 Å². The highest BCUT2D eigenvalue weighted by molar-refractivity contribution is 8.00. The maximum atomic E-state index is 12.7. The van der Waals surface area contributed by atoms with E-state index in [0.717, 1.165) is 49.4 Å². The molecule has 2 aliphatic heterocycles. The number of nitrogens with one attached hydrogen (secondary N) is 4. The Labute approximate surface area is 324 Å². The molecule has 3 aromatic rings. The van der Waals surface area contributed by atoms with E-state index in [1.807, 2.05) is 37.7 Å². The molecule has 0 spiro atoms. The van der Waals surface area contributed by atoms with Gasteiger partial charge in [0.05, 0.1) is 37.5 Å². The topological polar surface area (TPSA) is 189 Å². The van der Waals surface area contributed by atoms with E-state index in [0.29, 0.717) is 28.3 Å². The Morgan fingerprint density at radius 2 is 1.82 bits per heavy atom. The third kappa shape index (κ3) is 11.7. The van der Waals surface area contributed by atoms with Gasteiger partial charge in [-0.15, -0.1) is 0 Å². The lowest BCUT2D eigenvalue weighted by atomic mass is 10.0. The minimum Gasteiger partial charge on any atom is -0.460 e. The summed E-state index contributed by atoms with van der Waals surface area (Å²) in [6.07, 6.45) is 7.58. The van der Waals surface area contributed by atoms with Crippen LogP contribution in [0, 0.1) is 0 Å². The molecule has 0 radical (unpaired) electrons. The highest BCUT2D eigenvalue weighted by Gasteiger charge is 2.42. The Hall–Kier alpha value is -5.12. The Balaban J connectivity index is 0.966. The molecule has 2 fully saturated rings. The average molecular weight is 776 g/mol. The van der Waals surface area contributed by atoms with E-state index < -0.39 is 17.5 Å². The molecule has 3 atom stereocenters. The van der Waals surface area contributed by atoms with Crippen molar-refractivity contribution >= 4 is 64.0 Å². The summed E-state index contributed by atoms with van der Waals surface area (Å²) >= 11 is 1.87. The van der Waals surface area contributed by atoms with Crippen LogP contribution in [0.25, 0.3) is 17.0 Å². The predicted octanol–water partition coefficient (Wildman–Crippen LogP) is 4.23. The molecule has 0 bridgehead atoms. The largest absolute Gasteiger partial charge is 0.460 e. The van der Waals surface area contributed by atoms with Crippen molar-refractivity contribution in [3.63, 3.8) is 0 Å². The number of aliphatic hydroxyl groups excluding tert-OH is 1. The van der Waals surface area contributed by atoms with Crippen LogP contribution >= 0.6 is 11.8 Å². The molecule has 5 N–H and O–H groups in total. The van der Waals surface area contributed by atoms with Crippen LogP contribution in [-0.2, 0) is 19.1 Å². The first-order valence-corrected chi connectivity index (χ1v) is 19.7. The molecule has 5 rings (SSSR count). The van der Waals surface area contributed by atoms with Gasteiger partial charge in [-0.3, -0.25) is 9.59 Å². The van der Waals surface area contributed by atoms with Crippen molar-refractivity contribution < 1.29 is 38.2 Å². The zero-order valence-electron chi connectivity index (χ0n) is 31.1. The van der Waals surface area contributed by atoms with Gasteiger partial charge < -0.3 is 45.2 Å². The highest BCUT2D eigenvalue weighted by atomic mass is 32.2. The molecule has 2 aromatic carbocycles. The summed E-state index contributed by atoms with van der Waals surface area (Å²) < 4.78 is 16.2. The van der Waals surface area contributed by atoms with Crippen LogP contribution in [0.3, 0.4) is 0 Å². The molecule has 0 unspecified atom stereocenters. The van der Waals surface area contributed by atoms with Crippen LogP contribution in [0.15, 0.2) is 75.5 Å². The standard InChI is InChI=1S/C40H49N5O9S/c1-3-45(4-2)30-16-13-28-23-31(39(50)54-33(28)24-30)37(48)41-18-20-52-21-22-53-38(49)27(17-19-46)12-9-26-10-14-29(15-11-26)42-35(47)8-6-5-7-34-36-32(25-55-34)43-40(51)44-36/h9-17,23-24,32,34,36,46H,3-8,18-22,25H2,1-2H3,(H,41,48)(H,42,47)(H2,43,44,51)/b12-9+,27-17+/t32-,34-,36-/m0/s1. The zero-order chi connectivity index (χ0) is 39.2. The summed E-state index contributed by atoms with van der Waals surface area (Å²) in [6.45, 7) is 5.58. The third-order valence-electron chi connectivity index (χ3n) is 9.36. The molecule has 55 heavy (non-hydrogen) atoms. The molecule has 4 amide bonds. The fraction of sp³-hybridized carbons (Fsp3) is 0.425. The molecule has 0 saturated carbocycles. The highest BCUT2D eigenvalue weighted by Crippen LogP contribution is 2.33. The molecule has 2 aliphatic rings. The molecule has 3 heterocycles. The first kappa shape index (κ1) is 41.1. The van der Waals surface area contributed by atoms with Crippen LogP contribution < -0.4 is 31.8 Å². The van der Waals surface area contributed by atoms with Gasteiger partial charge in [0.15, 0.2) is 0 Å². The molecular weight excluding hydrogens is 727 g/mol. The van der Waals surface area contributed by atoms with E-state index in [1.165, 1.54) is 18.2 Å². The zero-order valence-corrected chi connectivity index (χ0v) is 32.0. The Bertz CT molecular complexity index is 1930. The summed E-state index contributed by atoms with van der Waals surface area (Å²) in [4.78, 5) is 64.0. The first-order valence-electron chi connectivity index (χ1n) is 18.6. The second-order valence-corrected chi connectivity index (χ2v) is 14.3. The quantitative estimate of drug-likeness (QED) is 0.0276. The molecule has 0 aliphatic carbocycles. The van der Waals surface area contributed by atoms with Crippen molar-refractivity contribution in [1.29, 1.82) is 0 Å². The molecule has 2 saturated heterocycles. The van der Waals surface area contributed by atoms with Crippen LogP contribution in [0.5, 0.6) is 0 Å². The first-order chi connectivity index (χ1) is 26.7. The Kier molecular flexibility index (Phi) is 15.3. The van der Waals surface area contributed by atoms with Gasteiger partial charge in [0, 0.05) is 59.9 Å². The van der Waals surface area contributed by atoms with E-state index in [-0.39, 0.29) is 68.1 Å². The van der Waals surface area contributed by atoms with Gasteiger partial charge in [-0.1, -0.05) is 24.6 Å². The lowest BCUT2D eigenvalue weighted by Gasteiger charge is -2.21. The Morgan fingerprint density at radius 3 is 2.58 bits per heavy atom. The maximum Gasteiger partial charge on any atom is 0.349 e. The third-order valence-corrected chi connectivity index (χ3v) is 10.9. The van der Waals surface area contributed by atoms with E-state index in [1.54, 1.807) is 36.4 Å². The number of carbonyl (C=O) groups excluding carboxylic acids is 4. The van der Waals surface area contributed by atoms with Crippen molar-refractivity contribution in [1.82, 2.24) is 16.0 Å². The number of anilines is 2. The van der Waals surface area contributed by atoms with E-state index in [9.17, 15) is 29.1 Å². The summed E-state index contributed by atoms with van der Waals surface area (Å²) in [5.74, 6) is -0.376. The van der Waals surface area contributed by atoms with Crippen LogP contribution in [0.1, 0.15) is 55.5 Å². The number of aliphatic hydroxyl groups is 1. The minimum atomic E-state index is -0.730. The van der Waals surface area contributed by atoms with Crippen molar-refractivity contribution in [3.05, 3.63) is 87.8 Å². The molecule has 14 nitrogen and oxygen atoms in total. The van der Waals surface area contributed by atoms with Crippen molar-refractivity contribution in [3.8, 4) is 0 Å². The fourth-order valence-electron chi connectivity index (χ4n) is 6.43. The minimum absolute atomic E-state index is 0.0578. The fourth-order valence-corrected chi connectivity index (χ4v) is 7.98. The van der Waals surface area contributed by atoms with Gasteiger partial charge in [-0.2, -0.15) is 11.8 Å². The molecule has 294 valence electrons. The second kappa shape index (κ2) is 20.5. The normalized spacial score (nSPS) is 17.8. The number of thioether (sulfide) groups is 1. The van der Waals surface area contributed by atoms with Gasteiger partial charge in [0.1, 0.15) is 17.8 Å². The van der Waals surface area contributed by atoms with Crippen molar-refractivity contribution in [2.24, 2.45) is 0 Å². The van der Waals surface area contributed by atoms with Gasteiger partial charge in [0.25, 0.3) is 5.91 Å². The number of hydrogen-bond acceptors (Lipinski definition) is 11. The number of rotatable bonds is 20. The number of amides is 4.